The summed E-state index contributed by atoms with van der Waals surface area (Å²) in [5.74, 6) is -0.350. The Morgan fingerprint density at radius 2 is 2.11 bits per heavy atom. The summed E-state index contributed by atoms with van der Waals surface area (Å²) < 4.78 is 16.1. The van der Waals surface area contributed by atoms with Crippen molar-refractivity contribution < 1.29 is 29.2 Å². The molecular formula is C18H30N4O6. The third kappa shape index (κ3) is 7.04. The Morgan fingerprint density at radius 3 is 2.82 bits per heavy atom. The maximum atomic E-state index is 11.4. The lowest BCUT2D eigenvalue weighted by Gasteiger charge is -2.37. The van der Waals surface area contributed by atoms with Gasteiger partial charge in [-0.15, -0.1) is 0 Å². The maximum Gasteiger partial charge on any atom is 0.223 e. The fourth-order valence-electron chi connectivity index (χ4n) is 2.93. The normalized spacial score (nSPS) is 24.8. The Balaban J connectivity index is 1.77. The quantitative estimate of drug-likeness (QED) is 0.234. The second-order valence-corrected chi connectivity index (χ2v) is 6.50. The molecule has 2 rings (SSSR count). The van der Waals surface area contributed by atoms with Gasteiger partial charge in [-0.25, -0.2) is 9.97 Å². The van der Waals surface area contributed by atoms with E-state index < -0.39 is 24.2 Å². The average Bonchev–Trinajstić information content (AvgIpc) is 2.71. The molecule has 2 heterocycles. The first-order valence-corrected chi connectivity index (χ1v) is 9.49. The minimum atomic E-state index is -1.08. The Kier molecular flexibility index (Phi) is 10.3. The lowest BCUT2D eigenvalue weighted by atomic mass is 9.89. The van der Waals surface area contributed by atoms with E-state index in [0.29, 0.717) is 51.6 Å². The number of nitrogens with two attached hydrogens (primary N) is 1. The van der Waals surface area contributed by atoms with E-state index in [4.69, 9.17) is 19.9 Å². The summed E-state index contributed by atoms with van der Waals surface area (Å²) >= 11 is 0. The molecule has 0 radical (unpaired) electrons. The number of aromatic nitrogens is 2. The van der Waals surface area contributed by atoms with Crippen LogP contribution in [0, 0.1) is 5.92 Å². The van der Waals surface area contributed by atoms with Crippen molar-refractivity contribution in [3.63, 3.8) is 0 Å². The van der Waals surface area contributed by atoms with Crippen LogP contribution in [0.1, 0.15) is 12.1 Å². The first-order valence-electron chi connectivity index (χ1n) is 9.49. The molecule has 1 saturated heterocycles. The summed E-state index contributed by atoms with van der Waals surface area (Å²) in [6, 6.07) is 1.35. The van der Waals surface area contributed by atoms with Crippen molar-refractivity contribution in [2.45, 2.75) is 31.1 Å². The first kappa shape index (κ1) is 22.6. The average molecular weight is 398 g/mol. The van der Waals surface area contributed by atoms with Gasteiger partial charge in [0.25, 0.3) is 0 Å². The van der Waals surface area contributed by atoms with Gasteiger partial charge in [-0.2, -0.15) is 0 Å². The zero-order chi connectivity index (χ0) is 20.2. The zero-order valence-corrected chi connectivity index (χ0v) is 15.9. The highest BCUT2D eigenvalue weighted by molar-refractivity contribution is 5.57. The van der Waals surface area contributed by atoms with Crippen LogP contribution >= 0.6 is 0 Å². The summed E-state index contributed by atoms with van der Waals surface area (Å²) in [6.45, 7) is 2.52. The highest BCUT2D eigenvalue weighted by Gasteiger charge is 2.39. The molecule has 1 fully saturated rings. The number of anilines is 1. The number of aliphatic hydroxyl groups excluding tert-OH is 2. The number of hydrogen-bond donors (Lipinski definition) is 4. The van der Waals surface area contributed by atoms with Gasteiger partial charge < -0.3 is 40.3 Å². The molecule has 10 heteroatoms. The molecule has 5 N–H and O–H groups in total. The monoisotopic (exact) mass is 398 g/mol. The van der Waals surface area contributed by atoms with Gasteiger partial charge in [0.1, 0.15) is 12.4 Å². The molecule has 0 bridgehead atoms. The predicted molar refractivity (Wildman–Crippen MR) is 101 cm³/mol. The standard InChI is InChI=1S/C18H30N4O6/c19-4-7-27-9-8-26-6-1-2-13-3-5-20-18(21-13)22-15-12-28-16(11-24)17(25)14(15)10-23/h3,5,10,14-17,24-25H,1-2,4,6-9,11-12,19H2,(H,20,21,22)/t14-,15+,16-,17-/m1/s1. The van der Waals surface area contributed by atoms with Crippen LogP contribution in [0.3, 0.4) is 0 Å². The van der Waals surface area contributed by atoms with Crippen molar-refractivity contribution in [1.29, 1.82) is 0 Å². The van der Waals surface area contributed by atoms with Crippen molar-refractivity contribution in [3.8, 4) is 0 Å². The van der Waals surface area contributed by atoms with Crippen molar-refractivity contribution >= 4 is 12.2 Å². The summed E-state index contributed by atoms with van der Waals surface area (Å²) in [5, 5.41) is 22.4. The second kappa shape index (κ2) is 12.7. The van der Waals surface area contributed by atoms with Gasteiger partial charge in [-0.1, -0.05) is 0 Å². The third-order valence-electron chi connectivity index (χ3n) is 4.45. The molecule has 28 heavy (non-hydrogen) atoms. The van der Waals surface area contributed by atoms with E-state index >= 15 is 0 Å². The van der Waals surface area contributed by atoms with E-state index in [1.165, 1.54) is 0 Å². The van der Waals surface area contributed by atoms with Crippen LogP contribution in [0.4, 0.5) is 5.95 Å². The van der Waals surface area contributed by atoms with Crippen LogP contribution in [-0.4, -0.2) is 90.9 Å². The van der Waals surface area contributed by atoms with Gasteiger partial charge in [-0.05, 0) is 18.9 Å². The Bertz CT molecular complexity index is 579. The number of ether oxygens (including phenoxy) is 3. The second-order valence-electron chi connectivity index (χ2n) is 6.50. The summed E-state index contributed by atoms with van der Waals surface area (Å²) in [6.07, 6.45) is 1.98. The number of aldehydes is 1. The molecule has 0 amide bonds. The van der Waals surface area contributed by atoms with Gasteiger partial charge >= 0.3 is 0 Å². The fraction of sp³-hybridized carbons (Fsp3) is 0.722. The number of hydrogen-bond acceptors (Lipinski definition) is 10. The number of aliphatic hydroxyl groups is 2. The molecular weight excluding hydrogens is 368 g/mol. The minimum Gasteiger partial charge on any atom is -0.394 e. The highest BCUT2D eigenvalue weighted by atomic mass is 16.5. The molecule has 1 aromatic rings. The summed E-state index contributed by atoms with van der Waals surface area (Å²) in [7, 11) is 0. The molecule has 0 aromatic carbocycles. The van der Waals surface area contributed by atoms with Gasteiger partial charge in [0.2, 0.25) is 5.95 Å². The first-order chi connectivity index (χ1) is 13.7. The zero-order valence-electron chi connectivity index (χ0n) is 15.9. The van der Waals surface area contributed by atoms with Gasteiger partial charge in [0.05, 0.1) is 51.1 Å². The Morgan fingerprint density at radius 1 is 1.32 bits per heavy atom. The van der Waals surface area contributed by atoms with Crippen LogP contribution in [0.15, 0.2) is 12.3 Å². The smallest absolute Gasteiger partial charge is 0.223 e. The molecule has 1 aliphatic heterocycles. The molecule has 0 saturated carbocycles. The number of aryl methyl sites for hydroxylation is 1. The SMILES string of the molecule is NCCOCCOCCCc1ccnc(N[C@H]2CO[C@H](CO)[C@H](O)[C@@H]2C=O)n1. The van der Waals surface area contributed by atoms with Crippen molar-refractivity contribution in [2.75, 3.05) is 51.5 Å². The number of nitrogens with zero attached hydrogens (tertiary/aromatic N) is 2. The fourth-order valence-corrected chi connectivity index (χ4v) is 2.93. The topological polar surface area (TPSA) is 149 Å². The third-order valence-corrected chi connectivity index (χ3v) is 4.45. The van der Waals surface area contributed by atoms with Crippen LogP contribution in [0.5, 0.6) is 0 Å². The lowest BCUT2D eigenvalue weighted by Crippen LogP contribution is -2.54. The Hall–Kier alpha value is -1.69. The molecule has 1 aromatic heterocycles. The van der Waals surface area contributed by atoms with Crippen LogP contribution in [0.2, 0.25) is 0 Å². The van der Waals surface area contributed by atoms with E-state index in [1.807, 2.05) is 6.07 Å². The molecule has 158 valence electrons. The highest BCUT2D eigenvalue weighted by Crippen LogP contribution is 2.22. The Labute approximate surface area is 164 Å². The minimum absolute atomic E-state index is 0.166. The number of carbonyl (C=O) groups excluding carboxylic acids is 1. The van der Waals surface area contributed by atoms with E-state index in [9.17, 15) is 15.0 Å². The number of nitrogens with one attached hydrogen (secondary N) is 1. The van der Waals surface area contributed by atoms with E-state index in [0.717, 1.165) is 12.1 Å². The van der Waals surface area contributed by atoms with Gasteiger partial charge in [-0.3, -0.25) is 0 Å². The van der Waals surface area contributed by atoms with Gasteiger partial charge in [0, 0.05) is 25.0 Å². The molecule has 0 unspecified atom stereocenters. The van der Waals surface area contributed by atoms with E-state index in [-0.39, 0.29) is 13.2 Å². The van der Waals surface area contributed by atoms with Crippen molar-refractivity contribution in [1.82, 2.24) is 9.97 Å². The largest absolute Gasteiger partial charge is 0.394 e. The molecule has 0 spiro atoms. The van der Waals surface area contributed by atoms with Crippen LogP contribution in [0.25, 0.3) is 0 Å². The molecule has 1 aliphatic rings. The van der Waals surface area contributed by atoms with Crippen LogP contribution < -0.4 is 11.1 Å². The molecule has 0 aliphatic carbocycles. The molecule has 4 atom stereocenters. The van der Waals surface area contributed by atoms with E-state index in [1.54, 1.807) is 6.20 Å². The number of rotatable bonds is 13. The lowest BCUT2D eigenvalue weighted by molar-refractivity contribution is -0.141. The van der Waals surface area contributed by atoms with Crippen molar-refractivity contribution in [3.05, 3.63) is 18.0 Å². The summed E-state index contributed by atoms with van der Waals surface area (Å²) in [4.78, 5) is 20.0. The summed E-state index contributed by atoms with van der Waals surface area (Å²) in [5.41, 5.74) is 6.17. The molecule has 10 nitrogen and oxygen atoms in total. The predicted octanol–water partition coefficient (Wildman–Crippen LogP) is -1.25. The van der Waals surface area contributed by atoms with Crippen molar-refractivity contribution in [2.24, 2.45) is 11.7 Å². The van der Waals surface area contributed by atoms with Gasteiger partial charge in [0.15, 0.2) is 0 Å². The van der Waals surface area contributed by atoms with Crippen LogP contribution in [-0.2, 0) is 25.4 Å². The van der Waals surface area contributed by atoms with E-state index in [2.05, 4.69) is 15.3 Å². The number of carbonyl (C=O) groups is 1. The maximum absolute atomic E-state index is 11.4.